The maximum absolute atomic E-state index is 12.6. The summed E-state index contributed by atoms with van der Waals surface area (Å²) in [5, 5.41) is 4.83. The molecule has 2 aromatic carbocycles. The van der Waals surface area contributed by atoms with Gasteiger partial charge in [0.15, 0.2) is 11.5 Å². The van der Waals surface area contributed by atoms with Gasteiger partial charge in [-0.1, -0.05) is 16.8 Å². The second-order valence-corrected chi connectivity index (χ2v) is 7.60. The molecule has 0 atom stereocenters. The van der Waals surface area contributed by atoms with Gasteiger partial charge in [0, 0.05) is 41.1 Å². The molecule has 154 valence electrons. The largest absolute Gasteiger partial charge is 0.497 e. The number of carbonyl (C=O) groups excluding carboxylic acids is 2. The van der Waals surface area contributed by atoms with Crippen molar-refractivity contribution in [3.63, 3.8) is 0 Å². The number of halogens is 1. The third-order valence-electron chi connectivity index (χ3n) is 5.28. The summed E-state index contributed by atoms with van der Waals surface area (Å²) in [6.45, 7) is 0.965. The van der Waals surface area contributed by atoms with Gasteiger partial charge in [-0.15, -0.1) is 0 Å². The number of ether oxygens (including phenoxy) is 1. The van der Waals surface area contributed by atoms with E-state index in [1.165, 1.54) is 0 Å². The molecule has 0 unspecified atom stereocenters. The molecule has 0 fully saturated rings. The maximum atomic E-state index is 12.6. The van der Waals surface area contributed by atoms with Crippen LogP contribution < -0.4 is 4.74 Å². The van der Waals surface area contributed by atoms with Crippen LogP contribution in [-0.4, -0.2) is 35.4 Å². The van der Waals surface area contributed by atoms with Crippen molar-refractivity contribution in [3.05, 3.63) is 70.4 Å². The summed E-state index contributed by atoms with van der Waals surface area (Å²) in [5.74, 6) is 1.30. The number of hydrogen-bond acceptors (Lipinski definition) is 5. The smallest absolute Gasteiger partial charge is 0.223 e. The highest BCUT2D eigenvalue weighted by molar-refractivity contribution is 6.30. The zero-order chi connectivity index (χ0) is 21.1. The van der Waals surface area contributed by atoms with E-state index in [-0.39, 0.29) is 24.5 Å². The van der Waals surface area contributed by atoms with E-state index >= 15 is 0 Å². The van der Waals surface area contributed by atoms with Gasteiger partial charge < -0.3 is 14.2 Å². The minimum Gasteiger partial charge on any atom is -0.497 e. The van der Waals surface area contributed by atoms with Gasteiger partial charge in [-0.3, -0.25) is 9.59 Å². The van der Waals surface area contributed by atoms with Crippen LogP contribution in [0.5, 0.6) is 5.75 Å². The van der Waals surface area contributed by atoms with Gasteiger partial charge in [0.2, 0.25) is 5.91 Å². The monoisotopic (exact) mass is 424 g/mol. The predicted molar refractivity (Wildman–Crippen MR) is 113 cm³/mol. The Balaban J connectivity index is 1.37. The van der Waals surface area contributed by atoms with Gasteiger partial charge in [-0.25, -0.2) is 0 Å². The lowest BCUT2D eigenvalue weighted by Crippen LogP contribution is -2.36. The van der Waals surface area contributed by atoms with E-state index in [2.05, 4.69) is 5.16 Å². The van der Waals surface area contributed by atoms with E-state index < -0.39 is 0 Å². The summed E-state index contributed by atoms with van der Waals surface area (Å²) in [6, 6.07) is 14.3. The van der Waals surface area contributed by atoms with E-state index in [1.54, 1.807) is 36.3 Å². The highest BCUT2D eigenvalue weighted by Gasteiger charge is 2.27. The van der Waals surface area contributed by atoms with E-state index in [0.717, 1.165) is 22.6 Å². The Hall–Kier alpha value is -3.12. The number of aromatic nitrogens is 1. The number of hydrogen-bond donors (Lipinski definition) is 0. The van der Waals surface area contributed by atoms with Crippen molar-refractivity contribution in [3.8, 4) is 17.1 Å². The molecule has 0 bridgehead atoms. The van der Waals surface area contributed by atoms with Gasteiger partial charge in [0.1, 0.15) is 11.4 Å². The fourth-order valence-electron chi connectivity index (χ4n) is 3.57. The molecule has 1 aliphatic rings. The molecule has 2 heterocycles. The Labute approximate surface area is 179 Å². The fourth-order valence-corrected chi connectivity index (χ4v) is 3.70. The standard InChI is InChI=1S/C23H21ClN2O4/c1-29-18-8-4-15(5-9-18)21(27)10-11-22(28)26-13-12-19-20(14-26)25-30-23(19)16-2-6-17(24)7-3-16/h2-9H,10-14H2,1H3. The summed E-state index contributed by atoms with van der Waals surface area (Å²) in [7, 11) is 1.58. The molecule has 1 aliphatic heterocycles. The van der Waals surface area contributed by atoms with Crippen molar-refractivity contribution in [2.45, 2.75) is 25.8 Å². The molecular formula is C23H21ClN2O4. The lowest BCUT2D eigenvalue weighted by molar-refractivity contribution is -0.132. The number of nitrogens with zero attached hydrogens (tertiary/aromatic N) is 2. The molecule has 0 saturated heterocycles. The zero-order valence-electron chi connectivity index (χ0n) is 16.6. The van der Waals surface area contributed by atoms with E-state index in [4.69, 9.17) is 20.9 Å². The van der Waals surface area contributed by atoms with E-state index in [1.807, 2.05) is 24.3 Å². The Morgan fingerprint density at radius 3 is 2.53 bits per heavy atom. The maximum Gasteiger partial charge on any atom is 0.223 e. The molecule has 1 aromatic heterocycles. The highest BCUT2D eigenvalue weighted by atomic mass is 35.5. The molecule has 4 rings (SSSR count). The predicted octanol–water partition coefficient (Wildman–Crippen LogP) is 4.55. The van der Waals surface area contributed by atoms with Crippen LogP contribution >= 0.6 is 11.6 Å². The lowest BCUT2D eigenvalue weighted by Gasteiger charge is -2.26. The Morgan fingerprint density at radius 2 is 1.83 bits per heavy atom. The Morgan fingerprint density at radius 1 is 1.10 bits per heavy atom. The first-order valence-corrected chi connectivity index (χ1v) is 10.1. The number of ketones is 1. The minimum atomic E-state index is -0.0600. The van der Waals surface area contributed by atoms with Crippen molar-refractivity contribution < 1.29 is 18.8 Å². The number of methoxy groups -OCH3 is 1. The van der Waals surface area contributed by atoms with Crippen molar-refractivity contribution in [1.29, 1.82) is 0 Å². The van der Waals surface area contributed by atoms with Crippen LogP contribution in [0.3, 0.4) is 0 Å². The second kappa shape index (κ2) is 8.71. The van der Waals surface area contributed by atoms with Crippen LogP contribution in [-0.2, 0) is 17.8 Å². The topological polar surface area (TPSA) is 72.6 Å². The van der Waals surface area contributed by atoms with Gasteiger partial charge in [-0.05, 0) is 55.0 Å². The summed E-state index contributed by atoms with van der Waals surface area (Å²) in [5.41, 5.74) is 3.28. The molecule has 0 aliphatic carbocycles. The van der Waals surface area contributed by atoms with E-state index in [9.17, 15) is 9.59 Å². The first kappa shape index (κ1) is 20.2. The lowest BCUT2D eigenvalue weighted by atomic mass is 10.00. The number of benzene rings is 2. The molecule has 0 saturated carbocycles. The van der Waals surface area contributed by atoms with Crippen LogP contribution in [0.4, 0.5) is 0 Å². The average molecular weight is 425 g/mol. The molecule has 7 heteroatoms. The number of Topliss-reactive ketones (excluding diaryl/α,β-unsaturated/α-hetero) is 1. The van der Waals surface area contributed by atoms with Crippen LogP contribution in [0.15, 0.2) is 53.1 Å². The van der Waals surface area contributed by atoms with E-state index in [0.29, 0.717) is 35.8 Å². The molecule has 1 amide bonds. The van der Waals surface area contributed by atoms with Crippen molar-refractivity contribution >= 4 is 23.3 Å². The minimum absolute atomic E-state index is 0.0569. The fraction of sp³-hybridized carbons (Fsp3) is 0.261. The van der Waals surface area contributed by atoms with Gasteiger partial charge in [-0.2, -0.15) is 0 Å². The zero-order valence-corrected chi connectivity index (χ0v) is 17.3. The summed E-state index contributed by atoms with van der Waals surface area (Å²) in [6.07, 6.45) is 1.00. The van der Waals surface area contributed by atoms with Crippen molar-refractivity contribution in [2.75, 3.05) is 13.7 Å². The van der Waals surface area contributed by atoms with Crippen LogP contribution in [0.25, 0.3) is 11.3 Å². The number of fused-ring (bicyclic) bond motifs is 1. The third-order valence-corrected chi connectivity index (χ3v) is 5.53. The molecule has 0 N–H and O–H groups in total. The first-order valence-electron chi connectivity index (χ1n) is 9.73. The number of amides is 1. The van der Waals surface area contributed by atoms with Crippen molar-refractivity contribution in [2.24, 2.45) is 0 Å². The molecule has 3 aromatic rings. The average Bonchev–Trinajstić information content (AvgIpc) is 3.21. The van der Waals surface area contributed by atoms with Crippen molar-refractivity contribution in [1.82, 2.24) is 10.1 Å². The second-order valence-electron chi connectivity index (χ2n) is 7.16. The van der Waals surface area contributed by atoms with Gasteiger partial charge in [0.25, 0.3) is 0 Å². The number of carbonyl (C=O) groups is 2. The quantitative estimate of drug-likeness (QED) is 0.543. The Bertz CT molecular complexity index is 1060. The summed E-state index contributed by atoms with van der Waals surface area (Å²) in [4.78, 5) is 26.7. The third kappa shape index (κ3) is 4.24. The molecule has 6 nitrogen and oxygen atoms in total. The van der Waals surface area contributed by atoms with Gasteiger partial charge >= 0.3 is 0 Å². The number of rotatable bonds is 6. The first-order chi connectivity index (χ1) is 14.5. The summed E-state index contributed by atoms with van der Waals surface area (Å²) >= 11 is 5.96. The van der Waals surface area contributed by atoms with Crippen LogP contribution in [0, 0.1) is 0 Å². The van der Waals surface area contributed by atoms with Crippen LogP contribution in [0.1, 0.15) is 34.5 Å². The summed E-state index contributed by atoms with van der Waals surface area (Å²) < 4.78 is 10.6. The van der Waals surface area contributed by atoms with Crippen LogP contribution in [0.2, 0.25) is 5.02 Å². The molecule has 30 heavy (non-hydrogen) atoms. The highest BCUT2D eigenvalue weighted by Crippen LogP contribution is 2.31. The molecule has 0 spiro atoms. The van der Waals surface area contributed by atoms with Gasteiger partial charge in [0.05, 0.1) is 13.7 Å². The molecular weight excluding hydrogens is 404 g/mol. The SMILES string of the molecule is COc1ccc(C(=O)CCC(=O)N2CCc3c(noc3-c3ccc(Cl)cc3)C2)cc1. The normalized spacial score (nSPS) is 13.1. The Kier molecular flexibility index (Phi) is 5.86. The molecule has 0 radical (unpaired) electrons.